The molecule has 6 heteroatoms. The van der Waals surface area contributed by atoms with Crippen LogP contribution in [0.25, 0.3) is 0 Å². The van der Waals surface area contributed by atoms with Crippen LogP contribution in [0.2, 0.25) is 0 Å². The summed E-state index contributed by atoms with van der Waals surface area (Å²) in [5, 5.41) is 5.94. The molecule has 0 aliphatic carbocycles. The highest BCUT2D eigenvalue weighted by Crippen LogP contribution is 2.13. The van der Waals surface area contributed by atoms with Gasteiger partial charge in [-0.3, -0.25) is 4.79 Å². The van der Waals surface area contributed by atoms with Crippen LogP contribution in [0.1, 0.15) is 41.5 Å². The minimum Gasteiger partial charge on any atom is -0.444 e. The number of nitrogens with one attached hydrogen (secondary N) is 2. The van der Waals surface area contributed by atoms with Gasteiger partial charge in [-0.1, -0.05) is 0 Å². The number of nitrogens with zero attached hydrogens (tertiary/aromatic N) is 1. The number of carbonyl (C=O) groups is 2. The summed E-state index contributed by atoms with van der Waals surface area (Å²) in [6.45, 7) is 12.9. The predicted octanol–water partition coefficient (Wildman–Crippen LogP) is 1.11. The number of hydrogen-bond donors (Lipinski definition) is 2. The van der Waals surface area contributed by atoms with Crippen molar-refractivity contribution in [3.8, 4) is 0 Å². The molecule has 1 rings (SSSR count). The summed E-state index contributed by atoms with van der Waals surface area (Å²) in [7, 11) is 0. The Hall–Kier alpha value is -1.30. The lowest BCUT2D eigenvalue weighted by Crippen LogP contribution is -2.61. The van der Waals surface area contributed by atoms with Crippen LogP contribution >= 0.6 is 0 Å². The van der Waals surface area contributed by atoms with Crippen molar-refractivity contribution in [3.63, 3.8) is 0 Å². The summed E-state index contributed by atoms with van der Waals surface area (Å²) in [5.74, 6) is -0.0864. The third-order valence-corrected chi connectivity index (χ3v) is 3.00. The molecule has 0 aromatic heterocycles. The molecule has 116 valence electrons. The molecule has 1 aliphatic rings. The van der Waals surface area contributed by atoms with E-state index in [-0.39, 0.29) is 11.9 Å². The van der Waals surface area contributed by atoms with Crippen molar-refractivity contribution in [2.45, 2.75) is 58.7 Å². The molecule has 1 heterocycles. The Balaban J connectivity index is 2.62. The molecule has 2 N–H and O–H groups in total. The Morgan fingerprint density at radius 1 is 1.25 bits per heavy atom. The van der Waals surface area contributed by atoms with Crippen molar-refractivity contribution in [3.05, 3.63) is 0 Å². The molecule has 0 unspecified atom stereocenters. The van der Waals surface area contributed by atoms with Gasteiger partial charge in [0.15, 0.2) is 0 Å². The van der Waals surface area contributed by atoms with Gasteiger partial charge < -0.3 is 20.3 Å². The fourth-order valence-electron chi connectivity index (χ4n) is 2.12. The minimum absolute atomic E-state index is 0.0864. The molecule has 20 heavy (non-hydrogen) atoms. The molecule has 1 fully saturated rings. The van der Waals surface area contributed by atoms with Crippen LogP contribution in [0.5, 0.6) is 0 Å². The molecule has 0 bridgehead atoms. The second kappa shape index (κ2) is 5.99. The Morgan fingerprint density at radius 2 is 1.85 bits per heavy atom. The molecule has 1 saturated heterocycles. The van der Waals surface area contributed by atoms with Gasteiger partial charge in [0, 0.05) is 25.7 Å². The third-order valence-electron chi connectivity index (χ3n) is 3.00. The monoisotopic (exact) mass is 285 g/mol. The zero-order chi connectivity index (χ0) is 15.6. The van der Waals surface area contributed by atoms with Gasteiger partial charge in [-0.15, -0.1) is 0 Å². The summed E-state index contributed by atoms with van der Waals surface area (Å²) >= 11 is 0. The van der Waals surface area contributed by atoms with E-state index in [0.717, 1.165) is 6.54 Å². The average Bonchev–Trinajstić information content (AvgIpc) is 2.24. The number of carbonyl (C=O) groups excluding carboxylic acids is 2. The molecular formula is C14H27N3O3. The second-order valence-corrected chi connectivity index (χ2v) is 6.86. The van der Waals surface area contributed by atoms with E-state index < -0.39 is 17.2 Å². The maximum atomic E-state index is 12.5. The molecule has 6 nitrogen and oxygen atoms in total. The molecule has 0 saturated carbocycles. The first kappa shape index (κ1) is 16.8. The van der Waals surface area contributed by atoms with Crippen molar-refractivity contribution in [2.24, 2.45) is 0 Å². The summed E-state index contributed by atoms with van der Waals surface area (Å²) < 4.78 is 5.20. The Labute approximate surface area is 121 Å². The average molecular weight is 285 g/mol. The number of hydrogen-bond acceptors (Lipinski definition) is 4. The Morgan fingerprint density at radius 3 is 2.35 bits per heavy atom. The minimum atomic E-state index is -0.973. The first-order chi connectivity index (χ1) is 9.01. The second-order valence-electron chi connectivity index (χ2n) is 6.86. The smallest absolute Gasteiger partial charge is 0.408 e. The lowest BCUT2D eigenvalue weighted by atomic mass is 10.0. The van der Waals surface area contributed by atoms with E-state index in [4.69, 9.17) is 4.74 Å². The summed E-state index contributed by atoms with van der Waals surface area (Å²) in [4.78, 5) is 26.1. The molecule has 0 spiro atoms. The number of amides is 2. The number of ether oxygens (including phenoxy) is 1. The normalized spacial score (nSPS) is 20.5. The first-order valence-electron chi connectivity index (χ1n) is 7.05. The van der Waals surface area contributed by atoms with Crippen molar-refractivity contribution < 1.29 is 14.3 Å². The molecule has 1 atom stereocenters. The van der Waals surface area contributed by atoms with E-state index in [1.807, 2.05) is 6.92 Å². The Kier molecular flexibility index (Phi) is 5.02. The fourth-order valence-corrected chi connectivity index (χ4v) is 2.12. The highest BCUT2D eigenvalue weighted by Gasteiger charge is 2.36. The topological polar surface area (TPSA) is 70.7 Å². The van der Waals surface area contributed by atoms with E-state index in [2.05, 4.69) is 10.6 Å². The van der Waals surface area contributed by atoms with Crippen LogP contribution in [-0.2, 0) is 9.53 Å². The van der Waals surface area contributed by atoms with Gasteiger partial charge in [-0.05, 0) is 41.5 Å². The number of alkyl carbamates (subject to hydrolysis) is 1. The third kappa shape index (κ3) is 5.00. The molecule has 1 aliphatic heterocycles. The fraction of sp³-hybridized carbons (Fsp3) is 0.857. The van der Waals surface area contributed by atoms with E-state index in [1.54, 1.807) is 39.5 Å². The van der Waals surface area contributed by atoms with E-state index >= 15 is 0 Å². The Bertz CT molecular complexity index is 374. The lowest BCUT2D eigenvalue weighted by molar-refractivity contribution is -0.138. The van der Waals surface area contributed by atoms with Crippen LogP contribution < -0.4 is 10.6 Å². The first-order valence-corrected chi connectivity index (χ1v) is 7.05. The predicted molar refractivity (Wildman–Crippen MR) is 77.5 cm³/mol. The summed E-state index contributed by atoms with van der Waals surface area (Å²) in [5.41, 5.74) is -1.55. The summed E-state index contributed by atoms with van der Waals surface area (Å²) in [6.07, 6.45) is -0.570. The van der Waals surface area contributed by atoms with E-state index in [0.29, 0.717) is 13.1 Å². The standard InChI is InChI=1S/C14H27N3O3/c1-10-9-17(8-7-15-10)11(18)14(5,6)16-12(19)20-13(2,3)4/h10,15H,7-9H2,1-6H3,(H,16,19)/t10-/m1/s1. The zero-order valence-electron chi connectivity index (χ0n) is 13.4. The van der Waals surface area contributed by atoms with Gasteiger partial charge in [-0.25, -0.2) is 4.79 Å². The maximum absolute atomic E-state index is 12.5. The van der Waals surface area contributed by atoms with Crippen molar-refractivity contribution in [2.75, 3.05) is 19.6 Å². The highest BCUT2D eigenvalue weighted by molar-refractivity contribution is 5.89. The van der Waals surface area contributed by atoms with Gasteiger partial charge in [0.05, 0.1) is 0 Å². The molecule has 0 aromatic rings. The number of rotatable bonds is 2. The molecule has 0 radical (unpaired) electrons. The molecule has 0 aromatic carbocycles. The van der Waals surface area contributed by atoms with E-state index in [9.17, 15) is 9.59 Å². The molecule has 2 amide bonds. The quantitative estimate of drug-likeness (QED) is 0.797. The largest absolute Gasteiger partial charge is 0.444 e. The van der Waals surface area contributed by atoms with Crippen molar-refractivity contribution in [1.29, 1.82) is 0 Å². The van der Waals surface area contributed by atoms with Gasteiger partial charge in [-0.2, -0.15) is 0 Å². The van der Waals surface area contributed by atoms with Crippen LogP contribution in [0, 0.1) is 0 Å². The maximum Gasteiger partial charge on any atom is 0.408 e. The van der Waals surface area contributed by atoms with Gasteiger partial charge in [0.2, 0.25) is 5.91 Å². The summed E-state index contributed by atoms with van der Waals surface area (Å²) in [6, 6.07) is 0.269. The van der Waals surface area contributed by atoms with Crippen LogP contribution in [0.4, 0.5) is 4.79 Å². The van der Waals surface area contributed by atoms with Gasteiger partial charge >= 0.3 is 6.09 Å². The van der Waals surface area contributed by atoms with Gasteiger partial charge in [0.1, 0.15) is 11.1 Å². The zero-order valence-corrected chi connectivity index (χ0v) is 13.4. The number of piperazine rings is 1. The van der Waals surface area contributed by atoms with Gasteiger partial charge in [0.25, 0.3) is 0 Å². The lowest BCUT2D eigenvalue weighted by Gasteiger charge is -2.37. The van der Waals surface area contributed by atoms with Crippen molar-refractivity contribution in [1.82, 2.24) is 15.5 Å². The van der Waals surface area contributed by atoms with Crippen LogP contribution in [-0.4, -0.2) is 53.7 Å². The van der Waals surface area contributed by atoms with Crippen LogP contribution in [0.3, 0.4) is 0 Å². The SMILES string of the molecule is C[C@@H]1CN(C(=O)C(C)(C)NC(=O)OC(C)(C)C)CCN1. The van der Waals surface area contributed by atoms with Crippen molar-refractivity contribution >= 4 is 12.0 Å². The highest BCUT2D eigenvalue weighted by atomic mass is 16.6. The van der Waals surface area contributed by atoms with Crippen LogP contribution in [0.15, 0.2) is 0 Å². The van der Waals surface area contributed by atoms with E-state index in [1.165, 1.54) is 0 Å². The molecular weight excluding hydrogens is 258 g/mol.